The molecule has 0 atom stereocenters. The highest BCUT2D eigenvalue weighted by molar-refractivity contribution is 9.10. The van der Waals surface area contributed by atoms with Crippen LogP contribution in [0, 0.1) is 0 Å². The number of esters is 1. The first-order chi connectivity index (χ1) is 17.4. The van der Waals surface area contributed by atoms with Crippen LogP contribution in [0.2, 0.25) is 0 Å². The Morgan fingerprint density at radius 1 is 0.972 bits per heavy atom. The van der Waals surface area contributed by atoms with Crippen molar-refractivity contribution < 1.29 is 28.7 Å². The number of ether oxygens (including phenoxy) is 2. The van der Waals surface area contributed by atoms with Gasteiger partial charge in [-0.25, -0.2) is 14.5 Å². The maximum atomic E-state index is 13.1. The second-order valence-electron chi connectivity index (χ2n) is 7.67. The zero-order chi connectivity index (χ0) is 25.7. The van der Waals surface area contributed by atoms with E-state index in [4.69, 9.17) is 9.47 Å². The van der Waals surface area contributed by atoms with Crippen molar-refractivity contribution in [2.75, 3.05) is 11.5 Å². The standard InChI is InChI=1S/C27H21BrN2O6/c1-2-35-26(33)18-9-11-20(12-10-18)30-25(32)22(24(31)29-27(30)34)15-17-7-13-21(14-8-17)36-16-19-5-3-4-6-23(19)28/h3-15H,2,16H2,1H3,(H,29,31,34)/b22-15+. The molecule has 3 aromatic rings. The quantitative estimate of drug-likeness (QED) is 0.256. The highest BCUT2D eigenvalue weighted by atomic mass is 79.9. The lowest BCUT2D eigenvalue weighted by Gasteiger charge is -2.26. The van der Waals surface area contributed by atoms with Gasteiger partial charge in [-0.1, -0.05) is 46.3 Å². The Bertz CT molecular complexity index is 1350. The number of nitrogens with one attached hydrogen (secondary N) is 1. The minimum absolute atomic E-state index is 0.203. The number of carbonyl (C=O) groups excluding carboxylic acids is 4. The van der Waals surface area contributed by atoms with E-state index in [0.29, 0.717) is 17.9 Å². The van der Waals surface area contributed by atoms with E-state index in [1.54, 1.807) is 31.2 Å². The van der Waals surface area contributed by atoms with Gasteiger partial charge in [0.1, 0.15) is 17.9 Å². The van der Waals surface area contributed by atoms with E-state index >= 15 is 0 Å². The van der Waals surface area contributed by atoms with Gasteiger partial charge in [-0.05, 0) is 61.0 Å². The second-order valence-corrected chi connectivity index (χ2v) is 8.53. The molecule has 0 spiro atoms. The van der Waals surface area contributed by atoms with Gasteiger partial charge in [-0.15, -0.1) is 0 Å². The number of imide groups is 2. The summed E-state index contributed by atoms with van der Waals surface area (Å²) in [5.41, 5.74) is 1.85. The summed E-state index contributed by atoms with van der Waals surface area (Å²) < 4.78 is 11.7. The van der Waals surface area contributed by atoms with Crippen molar-refractivity contribution in [1.29, 1.82) is 0 Å². The molecule has 0 aromatic heterocycles. The van der Waals surface area contributed by atoms with Crippen LogP contribution in [0.3, 0.4) is 0 Å². The van der Waals surface area contributed by atoms with Gasteiger partial charge in [0, 0.05) is 10.0 Å². The number of carbonyl (C=O) groups is 4. The van der Waals surface area contributed by atoms with Gasteiger partial charge in [0.25, 0.3) is 11.8 Å². The SMILES string of the molecule is CCOC(=O)c1ccc(N2C(=O)NC(=O)/C(=C\c3ccc(OCc4ccccc4Br)cc3)C2=O)cc1. The first kappa shape index (κ1) is 24.9. The highest BCUT2D eigenvalue weighted by Gasteiger charge is 2.36. The van der Waals surface area contributed by atoms with Crippen molar-refractivity contribution in [3.05, 3.63) is 99.5 Å². The molecule has 4 amide bonds. The Hall–Kier alpha value is -4.24. The number of urea groups is 1. The van der Waals surface area contributed by atoms with E-state index in [2.05, 4.69) is 21.2 Å². The third-order valence-corrected chi connectivity index (χ3v) is 6.06. The van der Waals surface area contributed by atoms with Crippen LogP contribution in [0.1, 0.15) is 28.4 Å². The average Bonchev–Trinajstić information content (AvgIpc) is 2.87. The van der Waals surface area contributed by atoms with E-state index in [1.165, 1.54) is 30.3 Å². The first-order valence-corrected chi connectivity index (χ1v) is 11.8. The maximum absolute atomic E-state index is 13.1. The topological polar surface area (TPSA) is 102 Å². The van der Waals surface area contributed by atoms with Crippen LogP contribution >= 0.6 is 15.9 Å². The third-order valence-electron chi connectivity index (χ3n) is 5.28. The summed E-state index contributed by atoms with van der Waals surface area (Å²) in [6, 6.07) is 19.5. The molecule has 0 bridgehead atoms. The number of hydrogen-bond acceptors (Lipinski definition) is 6. The van der Waals surface area contributed by atoms with Crippen molar-refractivity contribution in [2.45, 2.75) is 13.5 Å². The lowest BCUT2D eigenvalue weighted by Crippen LogP contribution is -2.54. The van der Waals surface area contributed by atoms with E-state index < -0.39 is 23.8 Å². The summed E-state index contributed by atoms with van der Waals surface area (Å²) in [6.07, 6.45) is 1.40. The number of anilines is 1. The zero-order valence-electron chi connectivity index (χ0n) is 19.2. The number of barbiturate groups is 1. The molecule has 0 saturated carbocycles. The van der Waals surface area contributed by atoms with Gasteiger partial charge < -0.3 is 9.47 Å². The maximum Gasteiger partial charge on any atom is 0.338 e. The summed E-state index contributed by atoms with van der Waals surface area (Å²) >= 11 is 3.48. The fraction of sp³-hybridized carbons (Fsp3) is 0.111. The van der Waals surface area contributed by atoms with Gasteiger partial charge in [0.15, 0.2) is 0 Å². The zero-order valence-corrected chi connectivity index (χ0v) is 20.8. The predicted octanol–water partition coefficient (Wildman–Crippen LogP) is 4.87. The number of halogens is 1. The number of amides is 4. The summed E-state index contributed by atoms with van der Waals surface area (Å²) in [5, 5.41) is 2.18. The molecule has 1 heterocycles. The number of hydrogen-bond donors (Lipinski definition) is 1. The highest BCUT2D eigenvalue weighted by Crippen LogP contribution is 2.24. The minimum atomic E-state index is -0.873. The van der Waals surface area contributed by atoms with Crippen LogP contribution in [0.25, 0.3) is 6.08 Å². The van der Waals surface area contributed by atoms with Gasteiger partial charge in [-0.2, -0.15) is 0 Å². The van der Waals surface area contributed by atoms with Crippen molar-refractivity contribution in [3.63, 3.8) is 0 Å². The molecule has 36 heavy (non-hydrogen) atoms. The fourth-order valence-electron chi connectivity index (χ4n) is 3.46. The largest absolute Gasteiger partial charge is 0.489 e. The number of rotatable bonds is 7. The van der Waals surface area contributed by atoms with Crippen molar-refractivity contribution in [2.24, 2.45) is 0 Å². The number of nitrogens with zero attached hydrogens (tertiary/aromatic N) is 1. The molecule has 4 rings (SSSR count). The lowest BCUT2D eigenvalue weighted by atomic mass is 10.1. The van der Waals surface area contributed by atoms with Crippen LogP contribution in [0.5, 0.6) is 5.75 Å². The van der Waals surface area contributed by atoms with Crippen LogP contribution in [-0.2, 0) is 20.9 Å². The van der Waals surface area contributed by atoms with Crippen molar-refractivity contribution >= 4 is 51.5 Å². The first-order valence-electron chi connectivity index (χ1n) is 11.0. The number of benzene rings is 3. The van der Waals surface area contributed by atoms with Crippen LogP contribution in [0.4, 0.5) is 10.5 Å². The summed E-state index contributed by atoms with van der Waals surface area (Å²) in [4.78, 5) is 50.7. The van der Waals surface area contributed by atoms with Gasteiger partial charge in [0.05, 0.1) is 17.9 Å². The Morgan fingerprint density at radius 3 is 2.33 bits per heavy atom. The molecule has 0 aliphatic carbocycles. The summed E-state index contributed by atoms with van der Waals surface area (Å²) in [6.45, 7) is 2.29. The van der Waals surface area contributed by atoms with Gasteiger partial charge in [-0.3, -0.25) is 14.9 Å². The molecule has 0 radical (unpaired) electrons. The van der Waals surface area contributed by atoms with Gasteiger partial charge in [0.2, 0.25) is 0 Å². The molecule has 1 aliphatic heterocycles. The predicted molar refractivity (Wildman–Crippen MR) is 136 cm³/mol. The van der Waals surface area contributed by atoms with E-state index in [0.717, 1.165) is 14.9 Å². The summed E-state index contributed by atoms with van der Waals surface area (Å²) in [5.74, 6) is -1.47. The summed E-state index contributed by atoms with van der Waals surface area (Å²) in [7, 11) is 0. The average molecular weight is 549 g/mol. The van der Waals surface area contributed by atoms with Crippen LogP contribution < -0.4 is 15.0 Å². The smallest absolute Gasteiger partial charge is 0.338 e. The molecular weight excluding hydrogens is 528 g/mol. The molecule has 0 unspecified atom stereocenters. The molecule has 3 aromatic carbocycles. The van der Waals surface area contributed by atoms with Crippen LogP contribution in [0.15, 0.2) is 82.8 Å². The molecule has 1 fully saturated rings. The molecule has 1 N–H and O–H groups in total. The van der Waals surface area contributed by atoms with Crippen molar-refractivity contribution in [3.8, 4) is 5.75 Å². The molecule has 9 heteroatoms. The van der Waals surface area contributed by atoms with E-state index in [1.807, 2.05) is 24.3 Å². The van der Waals surface area contributed by atoms with E-state index in [9.17, 15) is 19.2 Å². The lowest BCUT2D eigenvalue weighted by molar-refractivity contribution is -0.122. The Labute approximate surface area is 215 Å². The normalized spacial score (nSPS) is 14.6. The van der Waals surface area contributed by atoms with Crippen LogP contribution in [-0.4, -0.2) is 30.4 Å². The minimum Gasteiger partial charge on any atom is -0.489 e. The second kappa shape index (κ2) is 11.0. The molecule has 1 saturated heterocycles. The van der Waals surface area contributed by atoms with Crippen molar-refractivity contribution in [1.82, 2.24) is 5.32 Å². The molecular formula is C27H21BrN2O6. The third kappa shape index (κ3) is 5.52. The van der Waals surface area contributed by atoms with E-state index in [-0.39, 0.29) is 23.4 Å². The monoisotopic (exact) mass is 548 g/mol. The molecule has 1 aliphatic rings. The van der Waals surface area contributed by atoms with Gasteiger partial charge >= 0.3 is 12.0 Å². The Kier molecular flexibility index (Phi) is 7.60. The fourth-order valence-corrected chi connectivity index (χ4v) is 3.86. The Balaban J connectivity index is 1.50. The Morgan fingerprint density at radius 2 is 1.67 bits per heavy atom. The molecule has 8 nitrogen and oxygen atoms in total. The molecule has 182 valence electrons.